The topological polar surface area (TPSA) is 53.2 Å². The lowest BCUT2D eigenvalue weighted by Gasteiger charge is -2.14. The number of H-pyrrole nitrogens is 1. The number of aromatic amines is 1. The zero-order chi connectivity index (χ0) is 9.42. The molecule has 1 fully saturated rings. The fourth-order valence-electron chi connectivity index (χ4n) is 1.20. The molecule has 13 heavy (non-hydrogen) atoms. The van der Waals surface area contributed by atoms with Gasteiger partial charge in [0.2, 0.25) is 0 Å². The number of nitrogens with one attached hydrogen (secondary N) is 1. The molecule has 1 amide bonds. The molecule has 0 unspecified atom stereocenters. The van der Waals surface area contributed by atoms with Gasteiger partial charge in [-0.05, 0) is 12.8 Å². The van der Waals surface area contributed by atoms with Crippen molar-refractivity contribution in [1.82, 2.24) is 9.88 Å². The summed E-state index contributed by atoms with van der Waals surface area (Å²) in [6.45, 7) is 0. The average Bonchev–Trinajstić information content (AvgIpc) is 2.87. The second-order valence-corrected chi connectivity index (χ2v) is 4.05. The Kier molecular flexibility index (Phi) is 1.95. The molecule has 1 aromatic heterocycles. The summed E-state index contributed by atoms with van der Waals surface area (Å²) in [7, 11) is 1.77. The molecule has 5 heteroatoms. The van der Waals surface area contributed by atoms with E-state index in [1.54, 1.807) is 17.3 Å². The van der Waals surface area contributed by atoms with E-state index in [-0.39, 0.29) is 10.8 Å². The molecule has 1 heterocycles. The number of amides is 1. The molecular formula is C8H10N2O2S. The van der Waals surface area contributed by atoms with Crippen molar-refractivity contribution >= 4 is 17.2 Å². The number of hydrogen-bond acceptors (Lipinski definition) is 3. The van der Waals surface area contributed by atoms with Crippen molar-refractivity contribution in [2.75, 3.05) is 7.05 Å². The van der Waals surface area contributed by atoms with E-state index in [9.17, 15) is 9.59 Å². The molecule has 70 valence electrons. The Balaban J connectivity index is 2.16. The zero-order valence-corrected chi connectivity index (χ0v) is 8.06. The van der Waals surface area contributed by atoms with Gasteiger partial charge in [-0.3, -0.25) is 9.59 Å². The van der Waals surface area contributed by atoms with Gasteiger partial charge in [-0.1, -0.05) is 11.3 Å². The predicted molar refractivity (Wildman–Crippen MR) is 50.1 cm³/mol. The summed E-state index contributed by atoms with van der Waals surface area (Å²) in [6.07, 6.45) is 2.16. The third kappa shape index (κ3) is 1.65. The molecule has 0 radical (unpaired) electrons. The highest BCUT2D eigenvalue weighted by Crippen LogP contribution is 2.26. The second kappa shape index (κ2) is 2.99. The first kappa shape index (κ1) is 8.50. The molecule has 1 aromatic rings. The van der Waals surface area contributed by atoms with Gasteiger partial charge in [0, 0.05) is 18.5 Å². The van der Waals surface area contributed by atoms with Gasteiger partial charge in [0.1, 0.15) is 5.69 Å². The number of carbonyl (C=O) groups excluding carboxylic acids is 1. The minimum Gasteiger partial charge on any atom is -0.337 e. The smallest absolute Gasteiger partial charge is 0.305 e. The highest BCUT2D eigenvalue weighted by molar-refractivity contribution is 7.07. The highest BCUT2D eigenvalue weighted by Gasteiger charge is 2.30. The maximum Gasteiger partial charge on any atom is 0.305 e. The van der Waals surface area contributed by atoms with E-state index in [1.807, 2.05) is 0 Å². The van der Waals surface area contributed by atoms with Crippen LogP contribution in [0.2, 0.25) is 0 Å². The van der Waals surface area contributed by atoms with E-state index in [0.29, 0.717) is 11.7 Å². The van der Waals surface area contributed by atoms with Gasteiger partial charge < -0.3 is 9.88 Å². The third-order valence-electron chi connectivity index (χ3n) is 2.17. The van der Waals surface area contributed by atoms with Crippen LogP contribution < -0.4 is 4.87 Å². The molecule has 1 N–H and O–H groups in total. The van der Waals surface area contributed by atoms with Crippen LogP contribution in [0.4, 0.5) is 0 Å². The molecule has 0 spiro atoms. The van der Waals surface area contributed by atoms with Crippen LogP contribution in [0.15, 0.2) is 10.2 Å². The Morgan fingerprint density at radius 1 is 1.69 bits per heavy atom. The Morgan fingerprint density at radius 3 is 2.85 bits per heavy atom. The van der Waals surface area contributed by atoms with Crippen molar-refractivity contribution < 1.29 is 4.79 Å². The number of carbonyl (C=O) groups is 1. The molecular weight excluding hydrogens is 188 g/mol. The van der Waals surface area contributed by atoms with Gasteiger partial charge in [-0.2, -0.15) is 0 Å². The molecule has 1 aliphatic carbocycles. The van der Waals surface area contributed by atoms with Crippen LogP contribution in [-0.2, 0) is 0 Å². The minimum atomic E-state index is -0.174. The molecule has 1 saturated carbocycles. The largest absolute Gasteiger partial charge is 0.337 e. The van der Waals surface area contributed by atoms with Crippen LogP contribution in [0, 0.1) is 0 Å². The number of nitrogens with zero attached hydrogens (tertiary/aromatic N) is 1. The summed E-state index contributed by atoms with van der Waals surface area (Å²) in [5.74, 6) is -0.0825. The van der Waals surface area contributed by atoms with Crippen LogP contribution in [0.5, 0.6) is 0 Å². The SMILES string of the molecule is CN(C(=O)c1csc(=O)[nH]1)C1CC1. The summed E-state index contributed by atoms with van der Waals surface area (Å²) in [5, 5.41) is 1.57. The van der Waals surface area contributed by atoms with Crippen molar-refractivity contribution in [1.29, 1.82) is 0 Å². The van der Waals surface area contributed by atoms with Crippen molar-refractivity contribution in [3.8, 4) is 0 Å². The van der Waals surface area contributed by atoms with Gasteiger partial charge >= 0.3 is 4.87 Å². The van der Waals surface area contributed by atoms with Gasteiger partial charge in [-0.25, -0.2) is 0 Å². The summed E-state index contributed by atoms with van der Waals surface area (Å²) < 4.78 is 0. The van der Waals surface area contributed by atoms with Crippen molar-refractivity contribution in [2.45, 2.75) is 18.9 Å². The first-order chi connectivity index (χ1) is 6.18. The van der Waals surface area contributed by atoms with Gasteiger partial charge in [0.25, 0.3) is 5.91 Å². The molecule has 0 bridgehead atoms. The van der Waals surface area contributed by atoms with Crippen LogP contribution >= 0.6 is 11.3 Å². The average molecular weight is 198 g/mol. The number of rotatable bonds is 2. The van der Waals surface area contributed by atoms with Gasteiger partial charge in [0.05, 0.1) is 0 Å². The number of hydrogen-bond donors (Lipinski definition) is 1. The van der Waals surface area contributed by atoms with Crippen LogP contribution in [0.25, 0.3) is 0 Å². The molecule has 0 saturated heterocycles. The maximum atomic E-state index is 11.6. The van der Waals surface area contributed by atoms with E-state index in [1.165, 1.54) is 0 Å². The van der Waals surface area contributed by atoms with Crippen molar-refractivity contribution in [3.05, 3.63) is 20.7 Å². The van der Waals surface area contributed by atoms with Crippen LogP contribution in [0.3, 0.4) is 0 Å². The van der Waals surface area contributed by atoms with Gasteiger partial charge in [0.15, 0.2) is 0 Å². The van der Waals surface area contributed by atoms with Crippen LogP contribution in [0.1, 0.15) is 23.3 Å². The lowest BCUT2D eigenvalue weighted by Crippen LogP contribution is -2.29. The highest BCUT2D eigenvalue weighted by atomic mass is 32.1. The first-order valence-electron chi connectivity index (χ1n) is 4.13. The summed E-state index contributed by atoms with van der Waals surface area (Å²) in [6, 6.07) is 0.385. The standard InChI is InChI=1S/C8H10N2O2S/c1-10(5-2-3-5)7(11)6-4-13-8(12)9-6/h4-5H,2-3H2,1H3,(H,9,12). The Labute approximate surface area is 79.2 Å². The molecule has 0 aliphatic heterocycles. The Morgan fingerprint density at radius 2 is 2.38 bits per heavy atom. The van der Waals surface area contributed by atoms with E-state index in [4.69, 9.17) is 0 Å². The van der Waals surface area contributed by atoms with E-state index >= 15 is 0 Å². The minimum absolute atomic E-state index is 0.0825. The molecule has 2 rings (SSSR count). The molecule has 4 nitrogen and oxygen atoms in total. The van der Waals surface area contributed by atoms with E-state index in [2.05, 4.69) is 4.98 Å². The van der Waals surface area contributed by atoms with Crippen molar-refractivity contribution in [3.63, 3.8) is 0 Å². The summed E-state index contributed by atoms with van der Waals surface area (Å²) in [4.78, 5) is 26.4. The van der Waals surface area contributed by atoms with Crippen LogP contribution in [-0.4, -0.2) is 28.9 Å². The lowest BCUT2D eigenvalue weighted by molar-refractivity contribution is 0.0780. The third-order valence-corrected chi connectivity index (χ3v) is 2.84. The summed E-state index contributed by atoms with van der Waals surface area (Å²) >= 11 is 1.02. The van der Waals surface area contributed by atoms with E-state index in [0.717, 1.165) is 24.2 Å². The fourth-order valence-corrected chi connectivity index (χ4v) is 1.76. The second-order valence-electron chi connectivity index (χ2n) is 3.21. The Bertz CT molecular complexity index is 377. The predicted octanol–water partition coefficient (Wildman–Crippen LogP) is 0.671. The quantitative estimate of drug-likeness (QED) is 0.759. The number of thiazole rings is 1. The Hall–Kier alpha value is -1.10. The monoisotopic (exact) mass is 198 g/mol. The molecule has 0 atom stereocenters. The normalized spacial score (nSPS) is 15.8. The number of aromatic nitrogens is 1. The first-order valence-corrected chi connectivity index (χ1v) is 5.01. The summed E-state index contributed by atoms with van der Waals surface area (Å²) in [5.41, 5.74) is 0.407. The lowest BCUT2D eigenvalue weighted by atomic mass is 10.4. The van der Waals surface area contributed by atoms with Crippen molar-refractivity contribution in [2.24, 2.45) is 0 Å². The fraction of sp³-hybridized carbons (Fsp3) is 0.500. The van der Waals surface area contributed by atoms with Gasteiger partial charge in [-0.15, -0.1) is 0 Å². The maximum absolute atomic E-state index is 11.6. The molecule has 0 aromatic carbocycles. The zero-order valence-electron chi connectivity index (χ0n) is 7.24. The molecule has 1 aliphatic rings. The van der Waals surface area contributed by atoms with E-state index < -0.39 is 0 Å².